The average molecular weight is 316 g/mol. The molecule has 0 aliphatic carbocycles. The van der Waals surface area contributed by atoms with Gasteiger partial charge in [0, 0.05) is 18.0 Å². The third-order valence-electron chi connectivity index (χ3n) is 2.85. The van der Waals surface area contributed by atoms with Crippen LogP contribution in [-0.2, 0) is 4.79 Å². The van der Waals surface area contributed by atoms with Crippen molar-refractivity contribution in [1.29, 1.82) is 0 Å². The van der Waals surface area contributed by atoms with Crippen molar-refractivity contribution in [1.82, 2.24) is 0 Å². The van der Waals surface area contributed by atoms with Gasteiger partial charge in [0.1, 0.15) is 5.75 Å². The lowest BCUT2D eigenvalue weighted by molar-refractivity contribution is -0.137. The summed E-state index contributed by atoms with van der Waals surface area (Å²) >= 11 is 3.29. The van der Waals surface area contributed by atoms with Gasteiger partial charge >= 0.3 is 5.97 Å². The standard InChI is InChI=1S/C13H18BrNO3/c1-7(2)8-5-9(13(18)10(14)6-8)11(15)3-4-12(16)17/h5-7,11,18H,3-4,15H2,1-2H3,(H,16,17). The lowest BCUT2D eigenvalue weighted by Crippen LogP contribution is -2.13. The lowest BCUT2D eigenvalue weighted by Gasteiger charge is -2.17. The van der Waals surface area contributed by atoms with E-state index >= 15 is 0 Å². The first-order valence-corrected chi connectivity index (χ1v) is 6.62. The fourth-order valence-electron chi connectivity index (χ4n) is 1.69. The quantitative estimate of drug-likeness (QED) is 0.779. The molecule has 0 amide bonds. The van der Waals surface area contributed by atoms with Crippen LogP contribution >= 0.6 is 15.9 Å². The maximum atomic E-state index is 10.5. The number of aromatic hydroxyl groups is 1. The highest BCUT2D eigenvalue weighted by Crippen LogP contribution is 2.36. The van der Waals surface area contributed by atoms with Crippen molar-refractivity contribution >= 4 is 21.9 Å². The Labute approximate surface area is 115 Å². The van der Waals surface area contributed by atoms with Crippen LogP contribution in [0.3, 0.4) is 0 Å². The molecule has 0 radical (unpaired) electrons. The number of hydrogen-bond donors (Lipinski definition) is 3. The maximum Gasteiger partial charge on any atom is 0.303 e. The smallest absolute Gasteiger partial charge is 0.303 e. The number of benzene rings is 1. The van der Waals surface area contributed by atoms with Crippen LogP contribution in [0, 0.1) is 0 Å². The molecule has 0 aliphatic heterocycles. The predicted octanol–water partition coefficient (Wildman–Crippen LogP) is 3.14. The molecule has 18 heavy (non-hydrogen) atoms. The van der Waals surface area contributed by atoms with Crippen molar-refractivity contribution in [2.24, 2.45) is 5.73 Å². The third kappa shape index (κ3) is 3.71. The summed E-state index contributed by atoms with van der Waals surface area (Å²) in [4.78, 5) is 10.5. The van der Waals surface area contributed by atoms with E-state index in [0.717, 1.165) is 5.56 Å². The number of carbonyl (C=O) groups is 1. The normalized spacial score (nSPS) is 12.7. The van der Waals surface area contributed by atoms with E-state index in [4.69, 9.17) is 10.8 Å². The Kier molecular flexibility index (Phi) is 5.16. The molecule has 0 fully saturated rings. The van der Waals surface area contributed by atoms with Crippen LogP contribution in [0.2, 0.25) is 0 Å². The third-order valence-corrected chi connectivity index (χ3v) is 3.46. The van der Waals surface area contributed by atoms with Crippen molar-refractivity contribution in [3.8, 4) is 5.75 Å². The van der Waals surface area contributed by atoms with Gasteiger partial charge in [0.05, 0.1) is 4.47 Å². The number of phenolic OH excluding ortho intramolecular Hbond substituents is 1. The van der Waals surface area contributed by atoms with Gasteiger partial charge in [0.25, 0.3) is 0 Å². The van der Waals surface area contributed by atoms with E-state index in [1.165, 1.54) is 0 Å². The molecule has 1 atom stereocenters. The van der Waals surface area contributed by atoms with Gasteiger partial charge in [-0.2, -0.15) is 0 Å². The molecule has 5 heteroatoms. The SMILES string of the molecule is CC(C)c1cc(Br)c(O)c(C(N)CCC(=O)O)c1. The summed E-state index contributed by atoms with van der Waals surface area (Å²) in [5.74, 6) is -0.478. The number of phenols is 1. The van der Waals surface area contributed by atoms with E-state index in [1.54, 1.807) is 0 Å². The molecule has 0 aliphatic rings. The molecule has 4 nitrogen and oxygen atoms in total. The second kappa shape index (κ2) is 6.20. The highest BCUT2D eigenvalue weighted by Gasteiger charge is 2.16. The van der Waals surface area contributed by atoms with Crippen molar-refractivity contribution in [3.63, 3.8) is 0 Å². The minimum atomic E-state index is -0.885. The summed E-state index contributed by atoms with van der Waals surface area (Å²) in [6.07, 6.45) is 0.293. The van der Waals surface area contributed by atoms with Gasteiger partial charge in [0.15, 0.2) is 0 Å². The van der Waals surface area contributed by atoms with Crippen molar-refractivity contribution in [2.45, 2.75) is 38.6 Å². The number of aliphatic carboxylic acids is 1. The molecule has 0 bridgehead atoms. The largest absolute Gasteiger partial charge is 0.506 e. The molecule has 0 spiro atoms. The van der Waals surface area contributed by atoms with Gasteiger partial charge in [0.2, 0.25) is 0 Å². The van der Waals surface area contributed by atoms with Crippen molar-refractivity contribution in [2.75, 3.05) is 0 Å². The van der Waals surface area contributed by atoms with Gasteiger partial charge in [-0.25, -0.2) is 0 Å². The van der Waals surface area contributed by atoms with Crippen LogP contribution in [0.15, 0.2) is 16.6 Å². The first-order valence-electron chi connectivity index (χ1n) is 5.82. The molecule has 0 aromatic heterocycles. The van der Waals surface area contributed by atoms with Crippen LogP contribution < -0.4 is 5.73 Å². The summed E-state index contributed by atoms with van der Waals surface area (Å²) in [6, 6.07) is 3.22. The van der Waals surface area contributed by atoms with E-state index in [2.05, 4.69) is 15.9 Å². The van der Waals surface area contributed by atoms with Crippen LogP contribution in [0.1, 0.15) is 49.8 Å². The zero-order chi connectivity index (χ0) is 13.9. The number of rotatable bonds is 5. The molecule has 4 N–H and O–H groups in total. The molecule has 1 rings (SSSR count). The van der Waals surface area contributed by atoms with Crippen LogP contribution in [0.4, 0.5) is 0 Å². The number of halogens is 1. The van der Waals surface area contributed by atoms with Crippen LogP contribution in [-0.4, -0.2) is 16.2 Å². The Balaban J connectivity index is 3.02. The van der Waals surface area contributed by atoms with E-state index < -0.39 is 12.0 Å². The van der Waals surface area contributed by atoms with E-state index in [1.807, 2.05) is 26.0 Å². The van der Waals surface area contributed by atoms with Crippen LogP contribution in [0.25, 0.3) is 0 Å². The first kappa shape index (κ1) is 15.0. The second-order valence-corrected chi connectivity index (χ2v) is 5.49. The fourth-order valence-corrected chi connectivity index (χ4v) is 2.19. The highest BCUT2D eigenvalue weighted by molar-refractivity contribution is 9.10. The fraction of sp³-hybridized carbons (Fsp3) is 0.462. The summed E-state index contributed by atoms with van der Waals surface area (Å²) in [6.45, 7) is 4.09. The minimum absolute atomic E-state index is 0.00979. The number of carboxylic acid groups (broad SMARTS) is 1. The Morgan fingerprint density at radius 2 is 2.06 bits per heavy atom. The van der Waals surface area contributed by atoms with Crippen molar-refractivity contribution < 1.29 is 15.0 Å². The zero-order valence-corrected chi connectivity index (χ0v) is 12.1. The van der Waals surface area contributed by atoms with Gasteiger partial charge < -0.3 is 15.9 Å². The zero-order valence-electron chi connectivity index (χ0n) is 10.5. The monoisotopic (exact) mass is 315 g/mol. The molecule has 1 aromatic rings. The number of hydrogen-bond acceptors (Lipinski definition) is 3. The molecular formula is C13H18BrNO3. The Bertz CT molecular complexity index is 446. The first-order chi connectivity index (χ1) is 8.32. The van der Waals surface area contributed by atoms with Gasteiger partial charge in [-0.3, -0.25) is 4.79 Å². The highest BCUT2D eigenvalue weighted by atomic mass is 79.9. The summed E-state index contributed by atoms with van der Waals surface area (Å²) in [5, 5.41) is 18.6. The predicted molar refractivity (Wildman–Crippen MR) is 73.7 cm³/mol. The van der Waals surface area contributed by atoms with E-state index in [0.29, 0.717) is 22.4 Å². The molecule has 1 unspecified atom stereocenters. The molecule has 100 valence electrons. The lowest BCUT2D eigenvalue weighted by atomic mass is 9.95. The topological polar surface area (TPSA) is 83.5 Å². The average Bonchev–Trinajstić information content (AvgIpc) is 2.29. The second-order valence-electron chi connectivity index (χ2n) is 4.63. The Morgan fingerprint density at radius 1 is 1.44 bits per heavy atom. The summed E-state index contributed by atoms with van der Waals surface area (Å²) < 4.78 is 0.592. The molecule has 0 saturated heterocycles. The van der Waals surface area contributed by atoms with E-state index in [9.17, 15) is 9.90 Å². The van der Waals surface area contributed by atoms with Gasteiger partial charge in [-0.1, -0.05) is 19.9 Å². The number of carboxylic acids is 1. The molecule has 0 heterocycles. The Hall–Kier alpha value is -1.07. The molecule has 0 saturated carbocycles. The molecule has 1 aromatic carbocycles. The molecular weight excluding hydrogens is 298 g/mol. The Morgan fingerprint density at radius 3 is 2.56 bits per heavy atom. The van der Waals surface area contributed by atoms with Gasteiger partial charge in [-0.15, -0.1) is 0 Å². The minimum Gasteiger partial charge on any atom is -0.506 e. The number of nitrogens with two attached hydrogens (primary N) is 1. The summed E-state index contributed by atoms with van der Waals surface area (Å²) in [5.41, 5.74) is 7.59. The van der Waals surface area contributed by atoms with E-state index in [-0.39, 0.29) is 12.2 Å². The van der Waals surface area contributed by atoms with Crippen LogP contribution in [0.5, 0.6) is 5.75 Å². The maximum absolute atomic E-state index is 10.5. The van der Waals surface area contributed by atoms with Gasteiger partial charge in [-0.05, 0) is 39.9 Å². The van der Waals surface area contributed by atoms with Crippen molar-refractivity contribution in [3.05, 3.63) is 27.7 Å². The summed E-state index contributed by atoms with van der Waals surface area (Å²) in [7, 11) is 0.